The lowest BCUT2D eigenvalue weighted by Crippen LogP contribution is -2.36. The number of likely N-dealkylation sites (tertiary alicyclic amines) is 1. The van der Waals surface area contributed by atoms with Gasteiger partial charge in [0.2, 0.25) is 0 Å². The van der Waals surface area contributed by atoms with E-state index >= 15 is 0 Å². The molecule has 2 heterocycles. The Morgan fingerprint density at radius 1 is 1.08 bits per heavy atom. The van der Waals surface area contributed by atoms with Gasteiger partial charge in [-0.25, -0.2) is 0 Å². The molecule has 0 radical (unpaired) electrons. The van der Waals surface area contributed by atoms with Crippen LogP contribution < -0.4 is 5.32 Å². The molecule has 0 aliphatic carbocycles. The maximum atomic E-state index is 12.8. The summed E-state index contributed by atoms with van der Waals surface area (Å²) in [6.07, 6.45) is 2.50. The lowest BCUT2D eigenvalue weighted by molar-refractivity contribution is 0.0939. The molecule has 1 aliphatic heterocycles. The normalized spacial score (nSPS) is 16.2. The number of rotatable bonds is 5. The second kappa shape index (κ2) is 7.38. The number of amides is 1. The van der Waals surface area contributed by atoms with E-state index in [1.54, 1.807) is 11.3 Å². The molecule has 1 atom stereocenters. The molecule has 1 amide bonds. The van der Waals surface area contributed by atoms with Gasteiger partial charge in [-0.1, -0.05) is 36.4 Å². The fourth-order valence-electron chi connectivity index (χ4n) is 3.68. The highest BCUT2D eigenvalue weighted by Crippen LogP contribution is 2.26. The molecule has 4 rings (SSSR count). The van der Waals surface area contributed by atoms with Crippen LogP contribution in [0.25, 0.3) is 10.8 Å². The summed E-state index contributed by atoms with van der Waals surface area (Å²) in [6.45, 7) is 2.88. The van der Waals surface area contributed by atoms with Crippen LogP contribution in [-0.2, 0) is 0 Å². The van der Waals surface area contributed by atoms with E-state index in [-0.39, 0.29) is 11.9 Å². The fourth-order valence-corrected chi connectivity index (χ4v) is 4.39. The Balaban J connectivity index is 1.53. The average molecular weight is 350 g/mol. The Labute approximate surface area is 152 Å². The Hall–Kier alpha value is -2.17. The molecule has 4 heteroatoms. The third kappa shape index (κ3) is 3.46. The van der Waals surface area contributed by atoms with Crippen molar-refractivity contribution in [3.8, 4) is 0 Å². The summed E-state index contributed by atoms with van der Waals surface area (Å²) in [4.78, 5) is 15.3. The van der Waals surface area contributed by atoms with Crippen molar-refractivity contribution in [1.29, 1.82) is 0 Å². The van der Waals surface area contributed by atoms with Crippen molar-refractivity contribution in [1.82, 2.24) is 10.2 Å². The van der Waals surface area contributed by atoms with Gasteiger partial charge in [0.15, 0.2) is 0 Å². The van der Waals surface area contributed by atoms with Crippen LogP contribution in [0.2, 0.25) is 0 Å². The first kappa shape index (κ1) is 16.3. The topological polar surface area (TPSA) is 32.3 Å². The van der Waals surface area contributed by atoms with Crippen molar-refractivity contribution in [2.75, 3.05) is 19.6 Å². The Morgan fingerprint density at radius 3 is 2.68 bits per heavy atom. The van der Waals surface area contributed by atoms with Gasteiger partial charge in [0, 0.05) is 12.1 Å². The molecule has 0 bridgehead atoms. The second-order valence-corrected chi connectivity index (χ2v) is 7.33. The maximum absolute atomic E-state index is 12.8. The zero-order chi connectivity index (χ0) is 17.1. The summed E-state index contributed by atoms with van der Waals surface area (Å²) in [5.41, 5.74) is 2.06. The number of hydrogen-bond acceptors (Lipinski definition) is 3. The zero-order valence-electron chi connectivity index (χ0n) is 14.2. The molecule has 0 spiro atoms. The minimum Gasteiger partial charge on any atom is -0.350 e. The van der Waals surface area contributed by atoms with Gasteiger partial charge in [0.05, 0.1) is 6.04 Å². The largest absolute Gasteiger partial charge is 0.350 e. The monoisotopic (exact) mass is 350 g/mol. The average Bonchev–Trinajstić information content (AvgIpc) is 3.36. The number of carbonyl (C=O) groups is 1. The van der Waals surface area contributed by atoms with Gasteiger partial charge in [-0.05, 0) is 65.2 Å². The number of hydrogen-bond donors (Lipinski definition) is 1. The van der Waals surface area contributed by atoms with E-state index in [4.69, 9.17) is 0 Å². The standard InChI is InChI=1S/C21H22N2OS/c24-21(19-9-5-7-16-6-1-2-8-18(16)19)22-14-20(17-10-13-25-15-17)23-11-3-4-12-23/h1-2,5-10,13,15,20H,3-4,11-12,14H2,(H,22,24)/t20-/m0/s1. The Kier molecular flexibility index (Phi) is 4.81. The van der Waals surface area contributed by atoms with Crippen molar-refractivity contribution >= 4 is 28.0 Å². The minimum atomic E-state index is 0.0104. The van der Waals surface area contributed by atoms with Gasteiger partial charge in [0.1, 0.15) is 0 Å². The van der Waals surface area contributed by atoms with Gasteiger partial charge < -0.3 is 5.32 Å². The first-order chi connectivity index (χ1) is 12.3. The number of benzene rings is 2. The van der Waals surface area contributed by atoms with E-state index in [1.165, 1.54) is 18.4 Å². The number of nitrogens with one attached hydrogen (secondary N) is 1. The molecule has 0 unspecified atom stereocenters. The fraction of sp³-hybridized carbons (Fsp3) is 0.286. The predicted molar refractivity (Wildman–Crippen MR) is 104 cm³/mol. The molecule has 1 N–H and O–H groups in total. The van der Waals surface area contributed by atoms with Crippen molar-refractivity contribution in [2.24, 2.45) is 0 Å². The Morgan fingerprint density at radius 2 is 1.88 bits per heavy atom. The maximum Gasteiger partial charge on any atom is 0.251 e. The molecule has 1 fully saturated rings. The third-order valence-corrected chi connectivity index (χ3v) is 5.70. The molecule has 2 aromatic carbocycles. The summed E-state index contributed by atoms with van der Waals surface area (Å²) in [5, 5.41) is 9.61. The minimum absolute atomic E-state index is 0.0104. The molecule has 0 saturated carbocycles. The predicted octanol–water partition coefficient (Wildman–Crippen LogP) is 4.47. The third-order valence-electron chi connectivity index (χ3n) is 5.00. The summed E-state index contributed by atoms with van der Waals surface area (Å²) in [5.74, 6) is 0.0104. The van der Waals surface area contributed by atoms with E-state index in [0.717, 1.165) is 29.4 Å². The molecule has 3 aromatic rings. The van der Waals surface area contributed by atoms with Crippen LogP contribution in [0.5, 0.6) is 0 Å². The van der Waals surface area contributed by atoms with E-state index < -0.39 is 0 Å². The number of thiophene rings is 1. The smallest absolute Gasteiger partial charge is 0.251 e. The first-order valence-electron chi connectivity index (χ1n) is 8.85. The van der Waals surface area contributed by atoms with Gasteiger partial charge >= 0.3 is 0 Å². The summed E-state index contributed by atoms with van der Waals surface area (Å²) >= 11 is 1.72. The number of nitrogens with zero attached hydrogens (tertiary/aromatic N) is 1. The summed E-state index contributed by atoms with van der Waals surface area (Å²) in [7, 11) is 0. The molecule has 25 heavy (non-hydrogen) atoms. The summed E-state index contributed by atoms with van der Waals surface area (Å²) < 4.78 is 0. The molecule has 1 aromatic heterocycles. The van der Waals surface area contributed by atoms with Crippen LogP contribution in [0.4, 0.5) is 0 Å². The van der Waals surface area contributed by atoms with Crippen molar-refractivity contribution < 1.29 is 4.79 Å². The van der Waals surface area contributed by atoms with Gasteiger partial charge in [-0.2, -0.15) is 11.3 Å². The molecule has 3 nitrogen and oxygen atoms in total. The SMILES string of the molecule is O=C(NC[C@@H](c1ccsc1)N1CCCC1)c1cccc2ccccc12. The van der Waals surface area contributed by atoms with Gasteiger partial charge in [0.25, 0.3) is 5.91 Å². The molecule has 1 aliphatic rings. The van der Waals surface area contributed by atoms with Crippen LogP contribution in [-0.4, -0.2) is 30.4 Å². The van der Waals surface area contributed by atoms with E-state index in [2.05, 4.69) is 27.0 Å². The zero-order valence-corrected chi connectivity index (χ0v) is 15.0. The highest BCUT2D eigenvalue weighted by atomic mass is 32.1. The van der Waals surface area contributed by atoms with Crippen molar-refractivity contribution in [2.45, 2.75) is 18.9 Å². The first-order valence-corrected chi connectivity index (χ1v) is 9.79. The van der Waals surface area contributed by atoms with Gasteiger partial charge in [-0.15, -0.1) is 0 Å². The van der Waals surface area contributed by atoms with E-state index in [9.17, 15) is 4.79 Å². The molecular weight excluding hydrogens is 328 g/mol. The van der Waals surface area contributed by atoms with E-state index in [1.807, 2.05) is 42.5 Å². The lowest BCUT2D eigenvalue weighted by Gasteiger charge is -2.27. The van der Waals surface area contributed by atoms with E-state index in [0.29, 0.717) is 6.54 Å². The van der Waals surface area contributed by atoms with Crippen molar-refractivity contribution in [3.63, 3.8) is 0 Å². The number of fused-ring (bicyclic) bond motifs is 1. The van der Waals surface area contributed by atoms with Gasteiger partial charge in [-0.3, -0.25) is 9.69 Å². The highest BCUT2D eigenvalue weighted by Gasteiger charge is 2.24. The van der Waals surface area contributed by atoms with Crippen molar-refractivity contribution in [3.05, 3.63) is 70.4 Å². The molecule has 128 valence electrons. The van der Waals surface area contributed by atoms with Crippen LogP contribution in [0, 0.1) is 0 Å². The quantitative estimate of drug-likeness (QED) is 0.736. The highest BCUT2D eigenvalue weighted by molar-refractivity contribution is 7.07. The van der Waals surface area contributed by atoms with Crippen LogP contribution in [0.3, 0.4) is 0 Å². The lowest BCUT2D eigenvalue weighted by atomic mass is 10.0. The summed E-state index contributed by atoms with van der Waals surface area (Å²) in [6, 6.07) is 16.4. The molecule has 1 saturated heterocycles. The second-order valence-electron chi connectivity index (χ2n) is 6.55. The van der Waals surface area contributed by atoms with Crippen LogP contribution >= 0.6 is 11.3 Å². The van der Waals surface area contributed by atoms with Crippen LogP contribution in [0.1, 0.15) is 34.8 Å². The van der Waals surface area contributed by atoms with Crippen LogP contribution in [0.15, 0.2) is 59.3 Å². The molecular formula is C21H22N2OS. The number of carbonyl (C=O) groups excluding carboxylic acids is 1. The Bertz CT molecular complexity index is 848.